The highest BCUT2D eigenvalue weighted by atomic mass is 19.1. The lowest BCUT2D eigenvalue weighted by Crippen LogP contribution is -2.44. The summed E-state index contributed by atoms with van der Waals surface area (Å²) in [6, 6.07) is 26.1. The lowest BCUT2D eigenvalue weighted by Gasteiger charge is -2.36. The lowest BCUT2D eigenvalue weighted by molar-refractivity contribution is -0.120. The van der Waals surface area contributed by atoms with Crippen LogP contribution in [0, 0.1) is 12.7 Å². The summed E-state index contributed by atoms with van der Waals surface area (Å²) in [6.45, 7) is 2.00. The predicted molar refractivity (Wildman–Crippen MR) is 154 cm³/mol. The summed E-state index contributed by atoms with van der Waals surface area (Å²) >= 11 is 0. The van der Waals surface area contributed by atoms with Crippen molar-refractivity contribution in [1.82, 2.24) is 9.88 Å². The molecule has 2 N–H and O–H groups in total. The number of hydrogen-bond donors (Lipinski definition) is 2. The average Bonchev–Trinajstić information content (AvgIpc) is 3.48. The molecule has 0 bridgehead atoms. The van der Waals surface area contributed by atoms with Crippen molar-refractivity contribution in [3.8, 4) is 0 Å². The van der Waals surface area contributed by atoms with Gasteiger partial charge in [0.2, 0.25) is 0 Å². The molecule has 0 aliphatic carbocycles. The Kier molecular flexibility index (Phi) is 5.71. The van der Waals surface area contributed by atoms with Crippen molar-refractivity contribution in [2.24, 2.45) is 0 Å². The van der Waals surface area contributed by atoms with Crippen molar-refractivity contribution in [1.29, 1.82) is 0 Å². The number of aromatic amines is 1. The number of carbonyl (C=O) groups excluding carboxylic acids is 3. The van der Waals surface area contributed by atoms with Crippen LogP contribution in [-0.4, -0.2) is 33.8 Å². The number of urea groups is 1. The smallest absolute Gasteiger partial charge is 0.332 e. The summed E-state index contributed by atoms with van der Waals surface area (Å²) in [5.41, 5.74) is 5.59. The maximum Gasteiger partial charge on any atom is 0.332 e. The largest absolute Gasteiger partial charge is 0.356 e. The van der Waals surface area contributed by atoms with Gasteiger partial charge in [0.1, 0.15) is 17.9 Å². The second kappa shape index (κ2) is 9.45. The number of amides is 4. The zero-order valence-corrected chi connectivity index (χ0v) is 22.1. The van der Waals surface area contributed by atoms with E-state index in [2.05, 4.69) is 10.3 Å². The average molecular weight is 545 g/mol. The fourth-order valence-corrected chi connectivity index (χ4v) is 5.98. The molecule has 4 amide bonds. The van der Waals surface area contributed by atoms with Gasteiger partial charge in [-0.1, -0.05) is 60.2 Å². The number of para-hydroxylation sites is 2. The summed E-state index contributed by atoms with van der Waals surface area (Å²) in [7, 11) is 0. The Morgan fingerprint density at radius 3 is 2.39 bits per heavy atom. The molecule has 1 saturated heterocycles. The quantitative estimate of drug-likeness (QED) is 0.259. The van der Waals surface area contributed by atoms with Gasteiger partial charge >= 0.3 is 6.03 Å². The van der Waals surface area contributed by atoms with Crippen LogP contribution in [0.4, 0.5) is 20.6 Å². The first-order valence-electron chi connectivity index (χ1n) is 13.4. The molecule has 0 saturated carbocycles. The van der Waals surface area contributed by atoms with Crippen LogP contribution in [0.25, 0.3) is 10.9 Å². The van der Waals surface area contributed by atoms with E-state index < -0.39 is 29.8 Å². The third kappa shape index (κ3) is 3.98. The molecule has 2 aliphatic rings. The first-order chi connectivity index (χ1) is 19.9. The van der Waals surface area contributed by atoms with Gasteiger partial charge in [0.05, 0.1) is 11.3 Å². The molecule has 7 nitrogen and oxygen atoms in total. The molecule has 7 rings (SSSR count). The standard InChI is InChI=1S/C33H25FN4O3/c1-19-10-12-20(13-11-19)30-29-25(23-6-2-4-8-26(23)36-29)18-28-32(40)38(33(41)37(28)30)27-9-5-3-7-24(27)31(39)35-22-16-14-21(34)15-17-22/h2-17,28,30,36H,18H2,1H3,(H,35,39)/t28-,30+/m0/s1. The molecule has 8 heteroatoms. The minimum Gasteiger partial charge on any atom is -0.356 e. The summed E-state index contributed by atoms with van der Waals surface area (Å²) in [5, 5.41) is 3.76. The van der Waals surface area contributed by atoms with E-state index in [9.17, 15) is 18.8 Å². The van der Waals surface area contributed by atoms with Crippen molar-refractivity contribution in [2.75, 3.05) is 10.2 Å². The minimum atomic E-state index is -0.742. The topological polar surface area (TPSA) is 85.5 Å². The summed E-state index contributed by atoms with van der Waals surface area (Å²) in [6.07, 6.45) is 0.354. The monoisotopic (exact) mass is 544 g/mol. The van der Waals surface area contributed by atoms with Gasteiger partial charge in [-0.3, -0.25) is 14.5 Å². The third-order valence-corrected chi connectivity index (χ3v) is 7.93. The number of halogens is 1. The highest BCUT2D eigenvalue weighted by molar-refractivity contribution is 6.24. The van der Waals surface area contributed by atoms with Crippen LogP contribution >= 0.6 is 0 Å². The van der Waals surface area contributed by atoms with Crippen LogP contribution in [0.3, 0.4) is 0 Å². The van der Waals surface area contributed by atoms with E-state index in [1.165, 1.54) is 24.3 Å². The van der Waals surface area contributed by atoms with E-state index in [-0.39, 0.29) is 17.2 Å². The molecule has 2 atom stereocenters. The molecule has 0 spiro atoms. The molecule has 0 unspecified atom stereocenters. The van der Waals surface area contributed by atoms with Crippen molar-refractivity contribution < 1.29 is 18.8 Å². The second-order valence-corrected chi connectivity index (χ2v) is 10.4. The number of imide groups is 1. The van der Waals surface area contributed by atoms with Crippen LogP contribution in [0.5, 0.6) is 0 Å². The fourth-order valence-electron chi connectivity index (χ4n) is 5.98. The van der Waals surface area contributed by atoms with E-state index >= 15 is 0 Å². The lowest BCUT2D eigenvalue weighted by atomic mass is 9.88. The highest BCUT2D eigenvalue weighted by Gasteiger charge is 2.53. The maximum atomic E-state index is 14.2. The summed E-state index contributed by atoms with van der Waals surface area (Å²) < 4.78 is 13.4. The molecule has 1 fully saturated rings. The van der Waals surface area contributed by atoms with Gasteiger partial charge in [-0.05, 0) is 60.5 Å². The first-order valence-corrected chi connectivity index (χ1v) is 13.4. The number of carbonyl (C=O) groups is 3. The molecule has 1 aromatic heterocycles. The number of nitrogens with zero attached hydrogens (tertiary/aromatic N) is 2. The van der Waals surface area contributed by atoms with Crippen LogP contribution < -0.4 is 10.2 Å². The molecule has 0 radical (unpaired) electrons. The maximum absolute atomic E-state index is 14.2. The van der Waals surface area contributed by atoms with Crippen molar-refractivity contribution in [2.45, 2.75) is 25.4 Å². The zero-order valence-electron chi connectivity index (χ0n) is 22.1. The van der Waals surface area contributed by atoms with E-state index in [0.717, 1.165) is 38.2 Å². The molecule has 2 aliphatic heterocycles. The van der Waals surface area contributed by atoms with Crippen LogP contribution in [-0.2, 0) is 11.2 Å². The summed E-state index contributed by atoms with van der Waals surface area (Å²) in [4.78, 5) is 48.0. The Bertz CT molecular complexity index is 1850. The number of fused-ring (bicyclic) bond motifs is 4. The van der Waals surface area contributed by atoms with Crippen LogP contribution in [0.1, 0.15) is 38.8 Å². The number of benzene rings is 4. The fraction of sp³-hybridized carbons (Fsp3) is 0.121. The zero-order chi connectivity index (χ0) is 28.2. The molecular weight excluding hydrogens is 519 g/mol. The highest BCUT2D eigenvalue weighted by Crippen LogP contribution is 2.45. The molecular formula is C33H25FN4O3. The number of rotatable bonds is 4. The van der Waals surface area contributed by atoms with Gasteiger partial charge in [-0.25, -0.2) is 14.1 Å². The van der Waals surface area contributed by atoms with Gasteiger partial charge in [-0.2, -0.15) is 0 Å². The van der Waals surface area contributed by atoms with Gasteiger partial charge in [0, 0.05) is 28.7 Å². The normalized spacial score (nSPS) is 18.0. The van der Waals surface area contributed by atoms with Gasteiger partial charge < -0.3 is 10.3 Å². The van der Waals surface area contributed by atoms with E-state index in [4.69, 9.17) is 0 Å². The number of H-pyrrole nitrogens is 1. The van der Waals surface area contributed by atoms with E-state index in [1.54, 1.807) is 29.2 Å². The third-order valence-electron chi connectivity index (χ3n) is 7.93. The Balaban J connectivity index is 1.31. The molecule has 41 heavy (non-hydrogen) atoms. The van der Waals surface area contributed by atoms with Crippen molar-refractivity contribution >= 4 is 40.1 Å². The Morgan fingerprint density at radius 1 is 0.902 bits per heavy atom. The Hall–Kier alpha value is -5.24. The summed E-state index contributed by atoms with van der Waals surface area (Å²) in [5.74, 6) is -1.32. The predicted octanol–water partition coefficient (Wildman–Crippen LogP) is 6.35. The number of aryl methyl sites for hydroxylation is 1. The molecule has 3 heterocycles. The Morgan fingerprint density at radius 2 is 1.61 bits per heavy atom. The molecule has 202 valence electrons. The van der Waals surface area contributed by atoms with Crippen molar-refractivity contribution in [3.05, 3.63) is 131 Å². The number of hydrogen-bond acceptors (Lipinski definition) is 3. The SMILES string of the molecule is Cc1ccc([C@@H]2c3[nH]c4ccccc4c3C[C@H]3C(=O)N(c4ccccc4C(=O)Nc4ccc(F)cc4)C(=O)N23)cc1. The van der Waals surface area contributed by atoms with Crippen LogP contribution in [0.15, 0.2) is 97.1 Å². The van der Waals surface area contributed by atoms with Crippen LogP contribution in [0.2, 0.25) is 0 Å². The number of nitrogens with one attached hydrogen (secondary N) is 2. The number of anilines is 2. The Labute approximate surface area is 235 Å². The van der Waals surface area contributed by atoms with Crippen molar-refractivity contribution in [3.63, 3.8) is 0 Å². The van der Waals surface area contributed by atoms with Gasteiger partial charge in [0.15, 0.2) is 0 Å². The van der Waals surface area contributed by atoms with Gasteiger partial charge in [0.25, 0.3) is 11.8 Å². The minimum absolute atomic E-state index is 0.161. The molecule has 5 aromatic rings. The first kappa shape index (κ1) is 24.8. The number of aromatic nitrogens is 1. The van der Waals surface area contributed by atoms with E-state index in [1.807, 2.05) is 55.5 Å². The van der Waals surface area contributed by atoms with Gasteiger partial charge in [-0.15, -0.1) is 0 Å². The second-order valence-electron chi connectivity index (χ2n) is 10.4. The molecule has 4 aromatic carbocycles. The van der Waals surface area contributed by atoms with E-state index in [0.29, 0.717) is 12.1 Å².